The van der Waals surface area contributed by atoms with Gasteiger partial charge in [-0.25, -0.2) is 0 Å². The van der Waals surface area contributed by atoms with Crippen LogP contribution in [-0.2, 0) is 11.2 Å². The summed E-state index contributed by atoms with van der Waals surface area (Å²) >= 11 is 1.57. The molecule has 1 unspecified atom stereocenters. The van der Waals surface area contributed by atoms with Crippen LogP contribution in [0.15, 0.2) is 10.8 Å². The average molecular weight is 183 g/mol. The van der Waals surface area contributed by atoms with E-state index in [1.165, 1.54) is 5.56 Å². The Bertz CT molecular complexity index is 308. The van der Waals surface area contributed by atoms with Crippen molar-refractivity contribution in [3.8, 4) is 0 Å². The minimum Gasteiger partial charge on any atom is -0.480 e. The van der Waals surface area contributed by atoms with Gasteiger partial charge in [0, 0.05) is 6.54 Å². The normalized spacial score (nSPS) is 21.8. The number of aliphatic carboxylic acids is 1. The molecule has 0 fully saturated rings. The second-order valence-electron chi connectivity index (χ2n) is 2.83. The maximum Gasteiger partial charge on any atom is 0.325 e. The Balaban J connectivity index is 2.37. The van der Waals surface area contributed by atoms with Crippen LogP contribution in [0.2, 0.25) is 0 Å². The third kappa shape index (κ3) is 1.13. The zero-order valence-corrected chi connectivity index (χ0v) is 7.23. The molecule has 1 aromatic heterocycles. The van der Waals surface area contributed by atoms with E-state index in [2.05, 4.69) is 5.32 Å². The van der Waals surface area contributed by atoms with Crippen molar-refractivity contribution in [2.24, 2.45) is 0 Å². The minimum absolute atomic E-state index is 0.486. The molecule has 0 amide bonds. The van der Waals surface area contributed by atoms with Gasteiger partial charge < -0.3 is 10.4 Å². The van der Waals surface area contributed by atoms with Gasteiger partial charge in [0.15, 0.2) is 0 Å². The van der Waals surface area contributed by atoms with Crippen LogP contribution in [0, 0.1) is 0 Å². The topological polar surface area (TPSA) is 49.3 Å². The Morgan fingerprint density at radius 1 is 1.67 bits per heavy atom. The van der Waals surface area contributed by atoms with Crippen LogP contribution < -0.4 is 5.32 Å². The molecule has 2 heterocycles. The first-order valence-corrected chi connectivity index (χ1v) is 4.74. The fourth-order valence-electron chi connectivity index (χ4n) is 1.47. The molecule has 0 saturated carbocycles. The second kappa shape index (κ2) is 2.88. The summed E-state index contributed by atoms with van der Waals surface area (Å²) in [7, 11) is 0. The molecule has 0 saturated heterocycles. The van der Waals surface area contributed by atoms with E-state index in [0.717, 1.165) is 18.5 Å². The predicted molar refractivity (Wildman–Crippen MR) is 46.4 cm³/mol. The summed E-state index contributed by atoms with van der Waals surface area (Å²) < 4.78 is 0. The third-order valence-corrected chi connectivity index (χ3v) is 2.89. The van der Waals surface area contributed by atoms with Gasteiger partial charge in [-0.3, -0.25) is 4.79 Å². The number of nitrogens with one attached hydrogen (secondary N) is 1. The quantitative estimate of drug-likeness (QED) is 0.683. The molecule has 1 aliphatic rings. The van der Waals surface area contributed by atoms with Crippen molar-refractivity contribution in [3.05, 3.63) is 21.9 Å². The van der Waals surface area contributed by atoms with Crippen LogP contribution >= 0.6 is 11.3 Å². The van der Waals surface area contributed by atoms with Gasteiger partial charge in [0.05, 0.1) is 0 Å². The van der Waals surface area contributed by atoms with Gasteiger partial charge in [0.2, 0.25) is 0 Å². The monoisotopic (exact) mass is 183 g/mol. The van der Waals surface area contributed by atoms with Crippen LogP contribution in [-0.4, -0.2) is 17.6 Å². The first kappa shape index (κ1) is 7.76. The van der Waals surface area contributed by atoms with Crippen LogP contribution in [0.4, 0.5) is 0 Å². The molecule has 2 N–H and O–H groups in total. The Morgan fingerprint density at radius 2 is 2.50 bits per heavy atom. The highest BCUT2D eigenvalue weighted by Gasteiger charge is 2.25. The molecule has 4 heteroatoms. The molecule has 0 radical (unpaired) electrons. The summed E-state index contributed by atoms with van der Waals surface area (Å²) in [5.74, 6) is -0.783. The molecule has 64 valence electrons. The summed E-state index contributed by atoms with van der Waals surface area (Å²) in [5.41, 5.74) is 2.13. The lowest BCUT2D eigenvalue weighted by atomic mass is 10.00. The SMILES string of the molecule is O=C(O)C1NCCc2cscc21. The highest BCUT2D eigenvalue weighted by Crippen LogP contribution is 2.26. The van der Waals surface area contributed by atoms with E-state index < -0.39 is 12.0 Å². The molecule has 0 bridgehead atoms. The molecule has 1 atom stereocenters. The fraction of sp³-hybridized carbons (Fsp3) is 0.375. The van der Waals surface area contributed by atoms with E-state index in [-0.39, 0.29) is 0 Å². The van der Waals surface area contributed by atoms with Crippen LogP contribution in [0.25, 0.3) is 0 Å². The first-order valence-electron chi connectivity index (χ1n) is 3.80. The number of fused-ring (bicyclic) bond motifs is 1. The largest absolute Gasteiger partial charge is 0.480 e. The fourth-order valence-corrected chi connectivity index (χ4v) is 2.39. The van der Waals surface area contributed by atoms with Gasteiger partial charge >= 0.3 is 5.97 Å². The third-order valence-electron chi connectivity index (χ3n) is 2.08. The number of hydrogen-bond acceptors (Lipinski definition) is 3. The average Bonchev–Trinajstić information content (AvgIpc) is 2.49. The van der Waals surface area contributed by atoms with Crippen molar-refractivity contribution in [3.63, 3.8) is 0 Å². The number of carboxylic acids is 1. The van der Waals surface area contributed by atoms with Crippen molar-refractivity contribution in [1.29, 1.82) is 0 Å². The lowest BCUT2D eigenvalue weighted by Crippen LogP contribution is -2.34. The highest BCUT2D eigenvalue weighted by molar-refractivity contribution is 7.08. The molecule has 3 nitrogen and oxygen atoms in total. The van der Waals surface area contributed by atoms with Crippen molar-refractivity contribution in [1.82, 2.24) is 5.32 Å². The maximum absolute atomic E-state index is 10.8. The van der Waals surface area contributed by atoms with Gasteiger partial charge in [0.1, 0.15) is 6.04 Å². The summed E-state index contributed by atoms with van der Waals surface area (Å²) in [6.07, 6.45) is 0.947. The van der Waals surface area contributed by atoms with Crippen molar-refractivity contribution in [2.45, 2.75) is 12.5 Å². The predicted octanol–water partition coefficient (Wildman–Crippen LogP) is 1.02. The van der Waals surface area contributed by atoms with Crippen LogP contribution in [0.3, 0.4) is 0 Å². The number of carboxylic acid groups (broad SMARTS) is 1. The number of rotatable bonds is 1. The van der Waals surface area contributed by atoms with Crippen LogP contribution in [0.5, 0.6) is 0 Å². The smallest absolute Gasteiger partial charge is 0.325 e. The van der Waals surface area contributed by atoms with Gasteiger partial charge in [-0.1, -0.05) is 0 Å². The Hall–Kier alpha value is -0.870. The molecule has 2 rings (SSSR count). The molecule has 12 heavy (non-hydrogen) atoms. The number of hydrogen-bond donors (Lipinski definition) is 2. The van der Waals surface area contributed by atoms with Gasteiger partial charge in [0.25, 0.3) is 0 Å². The maximum atomic E-state index is 10.8. The Morgan fingerprint density at radius 3 is 3.25 bits per heavy atom. The summed E-state index contributed by atoms with van der Waals surface area (Å²) in [6, 6.07) is -0.486. The van der Waals surface area contributed by atoms with Gasteiger partial charge in [-0.2, -0.15) is 11.3 Å². The Kier molecular flexibility index (Phi) is 1.86. The van der Waals surface area contributed by atoms with E-state index in [1.807, 2.05) is 10.8 Å². The zero-order valence-electron chi connectivity index (χ0n) is 6.41. The lowest BCUT2D eigenvalue weighted by molar-refractivity contribution is -0.139. The lowest BCUT2D eigenvalue weighted by Gasteiger charge is -2.20. The van der Waals surface area contributed by atoms with Gasteiger partial charge in [-0.05, 0) is 28.3 Å². The molecule has 1 aliphatic heterocycles. The molecule has 0 spiro atoms. The van der Waals surface area contributed by atoms with E-state index in [0.29, 0.717) is 0 Å². The van der Waals surface area contributed by atoms with Crippen molar-refractivity contribution >= 4 is 17.3 Å². The molecule has 1 aromatic rings. The van der Waals surface area contributed by atoms with Crippen molar-refractivity contribution in [2.75, 3.05) is 6.54 Å². The van der Waals surface area contributed by atoms with Crippen LogP contribution in [0.1, 0.15) is 17.2 Å². The highest BCUT2D eigenvalue weighted by atomic mass is 32.1. The molecular formula is C8H9NO2S. The number of thiophene rings is 1. The van der Waals surface area contributed by atoms with Crippen molar-refractivity contribution < 1.29 is 9.90 Å². The van der Waals surface area contributed by atoms with Gasteiger partial charge in [-0.15, -0.1) is 0 Å². The summed E-state index contributed by atoms with van der Waals surface area (Å²) in [4.78, 5) is 10.8. The Labute approximate surface area is 74.0 Å². The zero-order chi connectivity index (χ0) is 8.55. The first-order chi connectivity index (χ1) is 5.79. The number of carbonyl (C=O) groups is 1. The standard InChI is InChI=1S/C8H9NO2S/c10-8(11)7-6-4-12-3-5(6)1-2-9-7/h3-4,7,9H,1-2H2,(H,10,11). The molecule has 0 aromatic carbocycles. The van der Waals surface area contributed by atoms with E-state index in [4.69, 9.17) is 5.11 Å². The second-order valence-corrected chi connectivity index (χ2v) is 3.57. The molecular weight excluding hydrogens is 174 g/mol. The summed E-state index contributed by atoms with van der Waals surface area (Å²) in [5, 5.41) is 15.8. The van der Waals surface area contributed by atoms with E-state index >= 15 is 0 Å². The van der Waals surface area contributed by atoms with E-state index in [9.17, 15) is 4.79 Å². The summed E-state index contributed by atoms with van der Waals surface area (Å²) in [6.45, 7) is 0.765. The van der Waals surface area contributed by atoms with E-state index in [1.54, 1.807) is 11.3 Å². The molecule has 0 aliphatic carbocycles. The minimum atomic E-state index is -0.783.